The Balaban J connectivity index is 1.99. The molecule has 4 nitrogen and oxygen atoms in total. The summed E-state index contributed by atoms with van der Waals surface area (Å²) in [6.45, 7) is 0.415. The highest BCUT2D eigenvalue weighted by atomic mass is 35.5. The van der Waals surface area contributed by atoms with E-state index < -0.39 is 0 Å². The molecule has 116 valence electrons. The highest BCUT2D eigenvalue weighted by Gasteiger charge is 2.07. The lowest BCUT2D eigenvalue weighted by atomic mass is 10.1. The first-order valence-corrected chi connectivity index (χ1v) is 7.27. The van der Waals surface area contributed by atoms with Gasteiger partial charge in [-0.05, 0) is 42.0 Å². The van der Waals surface area contributed by atoms with Crippen LogP contribution in [-0.4, -0.2) is 27.1 Å². The van der Waals surface area contributed by atoms with Gasteiger partial charge in [-0.25, -0.2) is 0 Å². The molecule has 0 bridgehead atoms. The maximum absolute atomic E-state index is 12.1. The molecule has 2 aromatic carbocycles. The van der Waals surface area contributed by atoms with Crippen molar-refractivity contribution in [2.45, 2.75) is 6.54 Å². The molecular formula is C17H19ClN2O2. The second-order valence-corrected chi connectivity index (χ2v) is 5.50. The zero-order chi connectivity index (χ0) is 16.1. The van der Waals surface area contributed by atoms with Gasteiger partial charge in [0.15, 0.2) is 0 Å². The lowest BCUT2D eigenvalue weighted by Gasteiger charge is -2.12. The summed E-state index contributed by atoms with van der Waals surface area (Å²) in [5.41, 5.74) is 2.60. The van der Waals surface area contributed by atoms with Crippen LogP contribution >= 0.6 is 11.6 Å². The van der Waals surface area contributed by atoms with Gasteiger partial charge in [-0.3, -0.25) is 4.79 Å². The normalized spacial score (nSPS) is 10.2. The summed E-state index contributed by atoms with van der Waals surface area (Å²) in [6.07, 6.45) is 0. The van der Waals surface area contributed by atoms with Crippen molar-refractivity contribution >= 4 is 23.2 Å². The van der Waals surface area contributed by atoms with Crippen LogP contribution < -0.4 is 15.0 Å². The molecule has 22 heavy (non-hydrogen) atoms. The minimum absolute atomic E-state index is 0.114. The van der Waals surface area contributed by atoms with E-state index in [4.69, 9.17) is 16.3 Å². The Morgan fingerprint density at radius 3 is 2.41 bits per heavy atom. The first-order chi connectivity index (χ1) is 10.5. The molecule has 1 amide bonds. The van der Waals surface area contributed by atoms with Gasteiger partial charge in [0.2, 0.25) is 0 Å². The number of nitrogens with one attached hydrogen (secondary N) is 1. The Kier molecular flexibility index (Phi) is 5.28. The predicted octanol–water partition coefficient (Wildman–Crippen LogP) is 3.34. The van der Waals surface area contributed by atoms with E-state index in [0.717, 1.165) is 11.3 Å². The highest BCUT2D eigenvalue weighted by Crippen LogP contribution is 2.24. The fourth-order valence-corrected chi connectivity index (χ4v) is 2.30. The molecule has 0 aliphatic carbocycles. The van der Waals surface area contributed by atoms with Crippen molar-refractivity contribution in [3.05, 3.63) is 58.6 Å². The van der Waals surface area contributed by atoms with Crippen molar-refractivity contribution in [2.24, 2.45) is 0 Å². The van der Waals surface area contributed by atoms with Crippen molar-refractivity contribution < 1.29 is 9.53 Å². The number of benzene rings is 2. The first kappa shape index (κ1) is 16.2. The van der Waals surface area contributed by atoms with Crippen LogP contribution in [0.25, 0.3) is 0 Å². The van der Waals surface area contributed by atoms with Gasteiger partial charge in [-0.2, -0.15) is 0 Å². The summed E-state index contributed by atoms with van der Waals surface area (Å²) in [5.74, 6) is 0.508. The lowest BCUT2D eigenvalue weighted by molar-refractivity contribution is 0.0951. The van der Waals surface area contributed by atoms with Crippen LogP contribution in [0.3, 0.4) is 0 Å². The van der Waals surface area contributed by atoms with Crippen molar-refractivity contribution in [3.8, 4) is 5.75 Å². The largest absolute Gasteiger partial charge is 0.495 e. The average Bonchev–Trinajstić information content (AvgIpc) is 2.52. The van der Waals surface area contributed by atoms with Crippen molar-refractivity contribution in [3.63, 3.8) is 0 Å². The van der Waals surface area contributed by atoms with Crippen LogP contribution in [0.5, 0.6) is 5.75 Å². The lowest BCUT2D eigenvalue weighted by Crippen LogP contribution is -2.22. The molecule has 0 heterocycles. The molecule has 2 rings (SSSR count). The second-order valence-electron chi connectivity index (χ2n) is 5.09. The Labute approximate surface area is 135 Å². The van der Waals surface area contributed by atoms with Gasteiger partial charge >= 0.3 is 0 Å². The van der Waals surface area contributed by atoms with E-state index in [1.165, 1.54) is 0 Å². The Morgan fingerprint density at radius 1 is 1.18 bits per heavy atom. The number of methoxy groups -OCH3 is 1. The van der Waals surface area contributed by atoms with E-state index in [1.807, 2.05) is 49.3 Å². The van der Waals surface area contributed by atoms with Crippen molar-refractivity contribution in [2.75, 3.05) is 26.1 Å². The Bertz CT molecular complexity index is 654. The number of anilines is 1. The average molecular weight is 319 g/mol. The van der Waals surface area contributed by atoms with Crippen LogP contribution in [0.15, 0.2) is 42.5 Å². The second kappa shape index (κ2) is 7.18. The van der Waals surface area contributed by atoms with Gasteiger partial charge in [0.1, 0.15) is 5.75 Å². The number of hydrogen-bond acceptors (Lipinski definition) is 3. The molecule has 0 fully saturated rings. The van der Waals surface area contributed by atoms with Crippen LogP contribution in [0, 0.1) is 0 Å². The molecule has 1 N–H and O–H groups in total. The number of ether oxygens (including phenoxy) is 1. The van der Waals surface area contributed by atoms with Crippen LogP contribution in [-0.2, 0) is 6.54 Å². The summed E-state index contributed by atoms with van der Waals surface area (Å²) in [5, 5.41) is 3.41. The van der Waals surface area contributed by atoms with Gasteiger partial charge in [0.25, 0.3) is 5.91 Å². The van der Waals surface area contributed by atoms with Gasteiger partial charge in [-0.15, -0.1) is 0 Å². The third-order valence-electron chi connectivity index (χ3n) is 3.32. The molecule has 0 spiro atoms. The SMILES string of the molecule is COc1ccc(CNC(=O)c2ccc(N(C)C)cc2)cc1Cl. The predicted molar refractivity (Wildman–Crippen MR) is 89.9 cm³/mol. The quantitative estimate of drug-likeness (QED) is 0.919. The zero-order valence-electron chi connectivity index (χ0n) is 12.9. The summed E-state index contributed by atoms with van der Waals surface area (Å²) in [4.78, 5) is 14.1. The van der Waals surface area contributed by atoms with Gasteiger partial charge in [0.05, 0.1) is 12.1 Å². The van der Waals surface area contributed by atoms with E-state index in [1.54, 1.807) is 19.2 Å². The number of carbonyl (C=O) groups is 1. The number of hydrogen-bond donors (Lipinski definition) is 1. The Hall–Kier alpha value is -2.20. The van der Waals surface area contributed by atoms with Crippen LogP contribution in [0.4, 0.5) is 5.69 Å². The number of nitrogens with zero attached hydrogens (tertiary/aromatic N) is 1. The first-order valence-electron chi connectivity index (χ1n) is 6.89. The molecule has 0 aliphatic heterocycles. The molecule has 0 atom stereocenters. The minimum Gasteiger partial charge on any atom is -0.495 e. The molecule has 0 unspecified atom stereocenters. The number of rotatable bonds is 5. The fourth-order valence-electron chi connectivity index (χ4n) is 2.02. The maximum Gasteiger partial charge on any atom is 0.251 e. The van der Waals surface area contributed by atoms with Crippen LogP contribution in [0.1, 0.15) is 15.9 Å². The maximum atomic E-state index is 12.1. The number of carbonyl (C=O) groups excluding carboxylic acids is 1. The van der Waals surface area contributed by atoms with Crippen molar-refractivity contribution in [1.82, 2.24) is 5.32 Å². The molecule has 0 saturated carbocycles. The molecule has 0 saturated heterocycles. The number of amides is 1. The monoisotopic (exact) mass is 318 g/mol. The molecule has 0 radical (unpaired) electrons. The van der Waals surface area contributed by atoms with Crippen molar-refractivity contribution in [1.29, 1.82) is 0 Å². The van der Waals surface area contributed by atoms with E-state index in [0.29, 0.717) is 22.9 Å². The summed E-state index contributed by atoms with van der Waals surface area (Å²) < 4.78 is 5.10. The van der Waals surface area contributed by atoms with Gasteiger partial charge in [-0.1, -0.05) is 17.7 Å². The van der Waals surface area contributed by atoms with E-state index in [-0.39, 0.29) is 5.91 Å². The molecule has 5 heteroatoms. The van der Waals surface area contributed by atoms with Gasteiger partial charge in [0, 0.05) is 31.9 Å². The Morgan fingerprint density at radius 2 is 1.86 bits per heavy atom. The molecular weight excluding hydrogens is 300 g/mol. The van der Waals surface area contributed by atoms with E-state index in [2.05, 4.69) is 5.32 Å². The summed E-state index contributed by atoms with van der Waals surface area (Å²) in [6, 6.07) is 12.9. The fraction of sp³-hybridized carbons (Fsp3) is 0.235. The standard InChI is InChI=1S/C17H19ClN2O2/c1-20(2)14-7-5-13(6-8-14)17(21)19-11-12-4-9-16(22-3)15(18)10-12/h4-10H,11H2,1-3H3,(H,19,21). The summed E-state index contributed by atoms with van der Waals surface area (Å²) in [7, 11) is 5.49. The van der Waals surface area contributed by atoms with Gasteiger partial charge < -0.3 is 15.0 Å². The molecule has 0 aliphatic rings. The highest BCUT2D eigenvalue weighted by molar-refractivity contribution is 6.32. The topological polar surface area (TPSA) is 41.6 Å². The number of halogens is 1. The molecule has 0 aromatic heterocycles. The smallest absolute Gasteiger partial charge is 0.251 e. The van der Waals surface area contributed by atoms with E-state index >= 15 is 0 Å². The molecule has 2 aromatic rings. The third kappa shape index (κ3) is 3.92. The third-order valence-corrected chi connectivity index (χ3v) is 3.61. The zero-order valence-corrected chi connectivity index (χ0v) is 13.6. The van der Waals surface area contributed by atoms with E-state index in [9.17, 15) is 4.79 Å². The van der Waals surface area contributed by atoms with Crippen LogP contribution in [0.2, 0.25) is 5.02 Å². The summed E-state index contributed by atoms with van der Waals surface area (Å²) >= 11 is 6.07. The minimum atomic E-state index is -0.114.